The lowest BCUT2D eigenvalue weighted by Gasteiger charge is -2.26. The fourth-order valence-corrected chi connectivity index (χ4v) is 3.74. The Morgan fingerprint density at radius 3 is 2.65 bits per heavy atom. The molecule has 3 aromatic rings. The van der Waals surface area contributed by atoms with Gasteiger partial charge in [0.25, 0.3) is 11.9 Å². The minimum absolute atomic E-state index is 0.109. The van der Waals surface area contributed by atoms with Crippen molar-refractivity contribution in [2.45, 2.75) is 25.4 Å². The first-order valence-electron chi connectivity index (χ1n) is 8.09. The van der Waals surface area contributed by atoms with Crippen molar-refractivity contribution in [2.75, 3.05) is 19.5 Å². The number of anilines is 1. The van der Waals surface area contributed by atoms with E-state index in [9.17, 15) is 4.79 Å². The zero-order valence-electron chi connectivity index (χ0n) is 14.2. The third-order valence-corrected chi connectivity index (χ3v) is 5.39. The second kappa shape index (κ2) is 6.79. The van der Waals surface area contributed by atoms with Crippen molar-refractivity contribution in [2.24, 2.45) is 0 Å². The molecule has 9 nitrogen and oxygen atoms in total. The first kappa shape index (κ1) is 16.6. The average Bonchev–Trinajstić information content (AvgIpc) is 3.24. The molecule has 1 amide bonds. The quantitative estimate of drug-likeness (QED) is 0.681. The van der Waals surface area contributed by atoms with E-state index >= 15 is 0 Å². The first-order chi connectivity index (χ1) is 12.7. The van der Waals surface area contributed by atoms with E-state index in [4.69, 9.17) is 14.2 Å². The second-order valence-corrected chi connectivity index (χ2v) is 6.88. The fourth-order valence-electron chi connectivity index (χ4n) is 2.70. The molecule has 1 aromatic carbocycles. The Labute approximate surface area is 152 Å². The molecule has 26 heavy (non-hydrogen) atoms. The van der Waals surface area contributed by atoms with Crippen molar-refractivity contribution in [3.63, 3.8) is 0 Å². The molecule has 0 saturated heterocycles. The highest BCUT2D eigenvalue weighted by atomic mass is 32.1. The van der Waals surface area contributed by atoms with Gasteiger partial charge in [-0.3, -0.25) is 10.1 Å². The van der Waals surface area contributed by atoms with Crippen LogP contribution in [0.25, 0.3) is 10.1 Å². The van der Waals surface area contributed by atoms with Crippen molar-refractivity contribution in [1.82, 2.24) is 20.6 Å². The number of methoxy groups -OCH3 is 2. The van der Waals surface area contributed by atoms with Crippen molar-refractivity contribution >= 4 is 33.3 Å². The molecule has 1 aliphatic carbocycles. The maximum absolute atomic E-state index is 12.7. The molecule has 0 atom stereocenters. The van der Waals surface area contributed by atoms with Crippen LogP contribution < -0.4 is 19.5 Å². The number of nitrogens with zero attached hydrogens (tertiary/aromatic N) is 3. The molecule has 0 unspecified atom stereocenters. The van der Waals surface area contributed by atoms with Gasteiger partial charge in [0.05, 0.1) is 20.3 Å². The van der Waals surface area contributed by atoms with Crippen molar-refractivity contribution in [1.29, 1.82) is 0 Å². The largest absolute Gasteiger partial charge is 0.493 e. The van der Waals surface area contributed by atoms with E-state index in [-0.39, 0.29) is 18.0 Å². The molecule has 0 radical (unpaired) electrons. The zero-order chi connectivity index (χ0) is 18.1. The summed E-state index contributed by atoms with van der Waals surface area (Å²) in [5.41, 5.74) is 0. The van der Waals surface area contributed by atoms with Gasteiger partial charge in [-0.2, -0.15) is 5.21 Å². The first-order valence-corrected chi connectivity index (χ1v) is 8.91. The molecule has 136 valence electrons. The van der Waals surface area contributed by atoms with Crippen LogP contribution in [0, 0.1) is 0 Å². The van der Waals surface area contributed by atoms with Gasteiger partial charge in [0.1, 0.15) is 4.88 Å². The number of aromatic amines is 1. The van der Waals surface area contributed by atoms with Crippen LogP contribution in [-0.4, -0.2) is 46.9 Å². The summed E-state index contributed by atoms with van der Waals surface area (Å²) in [6, 6.07) is 3.68. The highest BCUT2D eigenvalue weighted by Crippen LogP contribution is 2.45. The Morgan fingerprint density at radius 1 is 1.27 bits per heavy atom. The fraction of sp³-hybridized carbons (Fsp3) is 0.375. The average molecular weight is 375 g/mol. The molecular weight excluding hydrogens is 358 g/mol. The van der Waals surface area contributed by atoms with Gasteiger partial charge in [-0.25, -0.2) is 0 Å². The SMILES string of the molecule is COc1cc2sc(C(=O)Nc3nn[nH]n3)c(OC3CCC3)c2cc1OC. The summed E-state index contributed by atoms with van der Waals surface area (Å²) in [5.74, 6) is 1.50. The van der Waals surface area contributed by atoms with Crippen LogP contribution in [0.15, 0.2) is 12.1 Å². The van der Waals surface area contributed by atoms with Crippen molar-refractivity contribution in [3.05, 3.63) is 17.0 Å². The molecular formula is C16H17N5O4S. The minimum atomic E-state index is -0.347. The lowest BCUT2D eigenvalue weighted by atomic mass is 9.96. The van der Waals surface area contributed by atoms with E-state index < -0.39 is 0 Å². The molecule has 0 spiro atoms. The lowest BCUT2D eigenvalue weighted by Crippen LogP contribution is -2.25. The van der Waals surface area contributed by atoms with Crippen LogP contribution in [0.3, 0.4) is 0 Å². The molecule has 10 heteroatoms. The third kappa shape index (κ3) is 2.92. The Balaban J connectivity index is 1.78. The van der Waals surface area contributed by atoms with Crippen LogP contribution in [-0.2, 0) is 0 Å². The summed E-state index contributed by atoms with van der Waals surface area (Å²) >= 11 is 1.32. The van der Waals surface area contributed by atoms with Crippen molar-refractivity contribution < 1.29 is 19.0 Å². The third-order valence-electron chi connectivity index (χ3n) is 4.26. The standard InChI is InChI=1S/C16H17N5O4S/c1-23-10-6-9-12(7-11(10)24-2)26-14(13(9)25-8-4-3-5-8)15(22)17-16-18-20-21-19-16/h6-8H,3-5H2,1-2H3,(H2,17,18,19,20,21,22). The molecule has 4 rings (SSSR count). The summed E-state index contributed by atoms with van der Waals surface area (Å²) in [6.45, 7) is 0. The minimum Gasteiger partial charge on any atom is -0.493 e. The maximum atomic E-state index is 12.7. The van der Waals surface area contributed by atoms with Gasteiger partial charge in [-0.15, -0.1) is 16.4 Å². The molecule has 0 bridgehead atoms. The Bertz CT molecular complexity index is 936. The molecule has 1 aliphatic rings. The normalized spacial score (nSPS) is 14.1. The summed E-state index contributed by atoms with van der Waals surface area (Å²) in [5, 5.41) is 16.7. The van der Waals surface area contributed by atoms with Crippen molar-refractivity contribution in [3.8, 4) is 17.2 Å². The van der Waals surface area contributed by atoms with E-state index in [0.717, 1.165) is 29.3 Å². The molecule has 2 aromatic heterocycles. The summed E-state index contributed by atoms with van der Waals surface area (Å²) < 4.78 is 17.8. The van der Waals surface area contributed by atoms with E-state index in [1.807, 2.05) is 12.1 Å². The number of nitrogens with one attached hydrogen (secondary N) is 2. The monoisotopic (exact) mass is 375 g/mol. The number of carbonyl (C=O) groups excluding carboxylic acids is 1. The van der Waals surface area contributed by atoms with Crippen LogP contribution in [0.4, 0.5) is 5.95 Å². The zero-order valence-corrected chi connectivity index (χ0v) is 15.1. The number of hydrogen-bond acceptors (Lipinski definition) is 8. The van der Waals surface area contributed by atoms with Crippen LogP contribution in [0.2, 0.25) is 0 Å². The Kier molecular flexibility index (Phi) is 4.33. The molecule has 0 aliphatic heterocycles. The van der Waals surface area contributed by atoms with Gasteiger partial charge in [-0.1, -0.05) is 5.10 Å². The van der Waals surface area contributed by atoms with E-state index in [1.165, 1.54) is 11.3 Å². The van der Waals surface area contributed by atoms with Gasteiger partial charge in [0.2, 0.25) is 0 Å². The summed E-state index contributed by atoms with van der Waals surface area (Å²) in [6.07, 6.45) is 3.22. The lowest BCUT2D eigenvalue weighted by molar-refractivity contribution is 0.100. The summed E-state index contributed by atoms with van der Waals surface area (Å²) in [4.78, 5) is 13.2. The van der Waals surface area contributed by atoms with Gasteiger partial charge < -0.3 is 14.2 Å². The predicted octanol–water partition coefficient (Wildman–Crippen LogP) is 2.62. The molecule has 2 heterocycles. The molecule has 1 fully saturated rings. The number of H-pyrrole nitrogens is 1. The number of carbonyl (C=O) groups is 1. The van der Waals surface area contributed by atoms with Crippen LogP contribution in [0.5, 0.6) is 17.2 Å². The van der Waals surface area contributed by atoms with Gasteiger partial charge >= 0.3 is 0 Å². The van der Waals surface area contributed by atoms with E-state index in [1.54, 1.807) is 14.2 Å². The second-order valence-electron chi connectivity index (χ2n) is 5.82. The predicted molar refractivity (Wildman–Crippen MR) is 95.3 cm³/mol. The number of aromatic nitrogens is 4. The maximum Gasteiger partial charge on any atom is 0.272 e. The van der Waals surface area contributed by atoms with Gasteiger partial charge in [0, 0.05) is 16.2 Å². The van der Waals surface area contributed by atoms with E-state index in [2.05, 4.69) is 25.9 Å². The molecule has 1 saturated carbocycles. The van der Waals surface area contributed by atoms with Gasteiger partial charge in [-0.05, 0) is 30.5 Å². The van der Waals surface area contributed by atoms with E-state index in [0.29, 0.717) is 22.1 Å². The Morgan fingerprint density at radius 2 is 2.04 bits per heavy atom. The number of thiophene rings is 1. The number of rotatable bonds is 6. The highest BCUT2D eigenvalue weighted by molar-refractivity contribution is 7.21. The number of benzene rings is 1. The number of hydrogen-bond donors (Lipinski definition) is 2. The Hall–Kier alpha value is -2.88. The molecule has 2 N–H and O–H groups in total. The van der Waals surface area contributed by atoms with Gasteiger partial charge in [0.15, 0.2) is 17.2 Å². The highest BCUT2D eigenvalue weighted by Gasteiger charge is 2.27. The van der Waals surface area contributed by atoms with Crippen LogP contribution >= 0.6 is 11.3 Å². The summed E-state index contributed by atoms with van der Waals surface area (Å²) in [7, 11) is 3.15. The number of amides is 1. The number of ether oxygens (including phenoxy) is 3. The number of fused-ring (bicyclic) bond motifs is 1. The smallest absolute Gasteiger partial charge is 0.272 e. The topological polar surface area (TPSA) is 111 Å². The number of tetrazole rings is 1. The van der Waals surface area contributed by atoms with Crippen LogP contribution in [0.1, 0.15) is 28.9 Å².